The van der Waals surface area contributed by atoms with Gasteiger partial charge in [-0.15, -0.1) is 5.10 Å². The Morgan fingerprint density at radius 2 is 1.73 bits per heavy atom. The van der Waals surface area contributed by atoms with E-state index in [0.29, 0.717) is 26.4 Å². The summed E-state index contributed by atoms with van der Waals surface area (Å²) in [5.41, 5.74) is 2.47. The largest absolute Gasteiger partial charge is 0.378 e. The summed E-state index contributed by atoms with van der Waals surface area (Å²) in [5.74, 6) is 0.921. The molecule has 1 aliphatic rings. The third-order valence-electron chi connectivity index (χ3n) is 5.12. The maximum atomic E-state index is 5.85. The third kappa shape index (κ3) is 5.18. The van der Waals surface area contributed by atoms with Gasteiger partial charge in [-0.25, -0.2) is 4.68 Å². The molecule has 0 spiro atoms. The van der Waals surface area contributed by atoms with E-state index in [1.165, 1.54) is 11.1 Å². The zero-order chi connectivity index (χ0) is 20.9. The molecule has 1 aliphatic heterocycles. The standard InChI is InChI=1S/C22H26BrN5OS/c1-25(15-19-7-9-20(23)10-8-19)17-28-22(30)27(16-18-5-3-2-4-6-18)21(24-28)26-11-13-29-14-12-26/h2-10H,11-17H2,1H3. The van der Waals surface area contributed by atoms with E-state index in [1.807, 2.05) is 10.7 Å². The highest BCUT2D eigenvalue weighted by atomic mass is 79.9. The molecule has 2 aromatic carbocycles. The predicted molar refractivity (Wildman–Crippen MR) is 125 cm³/mol. The summed E-state index contributed by atoms with van der Waals surface area (Å²) in [6.45, 7) is 5.26. The minimum absolute atomic E-state index is 0.633. The van der Waals surface area contributed by atoms with Crippen molar-refractivity contribution >= 4 is 34.1 Å². The van der Waals surface area contributed by atoms with Crippen LogP contribution in [0.25, 0.3) is 0 Å². The molecule has 30 heavy (non-hydrogen) atoms. The average molecular weight is 488 g/mol. The van der Waals surface area contributed by atoms with Crippen molar-refractivity contribution in [2.75, 3.05) is 38.3 Å². The van der Waals surface area contributed by atoms with Crippen molar-refractivity contribution < 1.29 is 4.74 Å². The summed E-state index contributed by atoms with van der Waals surface area (Å²) in [7, 11) is 2.09. The molecule has 8 heteroatoms. The maximum absolute atomic E-state index is 5.85. The van der Waals surface area contributed by atoms with Crippen LogP contribution in [0.4, 0.5) is 5.95 Å². The van der Waals surface area contributed by atoms with E-state index >= 15 is 0 Å². The van der Waals surface area contributed by atoms with E-state index in [9.17, 15) is 0 Å². The van der Waals surface area contributed by atoms with Gasteiger partial charge >= 0.3 is 0 Å². The Morgan fingerprint density at radius 3 is 2.43 bits per heavy atom. The summed E-state index contributed by atoms with van der Waals surface area (Å²) < 4.78 is 11.4. The molecular weight excluding hydrogens is 462 g/mol. The average Bonchev–Trinajstić information content (AvgIpc) is 3.06. The fourth-order valence-electron chi connectivity index (χ4n) is 3.60. The van der Waals surface area contributed by atoms with Gasteiger partial charge in [0.2, 0.25) is 10.7 Å². The third-order valence-corrected chi connectivity index (χ3v) is 6.08. The van der Waals surface area contributed by atoms with Crippen LogP contribution in [-0.2, 0) is 24.5 Å². The quantitative estimate of drug-likeness (QED) is 0.468. The van der Waals surface area contributed by atoms with Gasteiger partial charge in [-0.3, -0.25) is 9.47 Å². The first kappa shape index (κ1) is 21.2. The Kier molecular flexibility index (Phi) is 6.99. The Labute approximate surface area is 190 Å². The van der Waals surface area contributed by atoms with Crippen molar-refractivity contribution in [3.05, 3.63) is 75.0 Å². The Morgan fingerprint density at radius 1 is 1.03 bits per heavy atom. The first-order valence-electron chi connectivity index (χ1n) is 10.1. The minimum Gasteiger partial charge on any atom is -0.378 e. The zero-order valence-electron chi connectivity index (χ0n) is 17.1. The van der Waals surface area contributed by atoms with Gasteiger partial charge in [0, 0.05) is 24.1 Å². The molecule has 2 heterocycles. The molecular formula is C22H26BrN5OS. The van der Waals surface area contributed by atoms with Gasteiger partial charge in [0.15, 0.2) is 0 Å². The number of ether oxygens (including phenoxy) is 1. The highest BCUT2D eigenvalue weighted by Crippen LogP contribution is 2.18. The molecule has 4 rings (SSSR count). The predicted octanol–water partition coefficient (Wildman–Crippen LogP) is 4.15. The van der Waals surface area contributed by atoms with Crippen LogP contribution in [0.3, 0.4) is 0 Å². The first-order chi connectivity index (χ1) is 14.6. The topological polar surface area (TPSA) is 38.5 Å². The van der Waals surface area contributed by atoms with Gasteiger partial charge < -0.3 is 9.64 Å². The zero-order valence-corrected chi connectivity index (χ0v) is 19.5. The van der Waals surface area contributed by atoms with Gasteiger partial charge in [-0.2, -0.15) is 0 Å². The second-order valence-electron chi connectivity index (χ2n) is 7.54. The molecule has 1 aromatic heterocycles. The van der Waals surface area contributed by atoms with Crippen LogP contribution in [0, 0.1) is 4.77 Å². The van der Waals surface area contributed by atoms with Gasteiger partial charge in [-0.1, -0.05) is 58.4 Å². The Hall–Kier alpha value is -2.00. The SMILES string of the molecule is CN(Cc1ccc(Br)cc1)Cn1nc(N2CCOCC2)n(Cc2ccccc2)c1=S. The number of benzene rings is 2. The molecule has 0 bridgehead atoms. The first-order valence-corrected chi connectivity index (χ1v) is 11.3. The smallest absolute Gasteiger partial charge is 0.226 e. The molecule has 0 saturated carbocycles. The van der Waals surface area contributed by atoms with Crippen LogP contribution >= 0.6 is 28.1 Å². The van der Waals surface area contributed by atoms with E-state index in [0.717, 1.165) is 34.8 Å². The molecule has 1 fully saturated rings. The Balaban J connectivity index is 1.57. The molecule has 0 radical (unpaired) electrons. The lowest BCUT2D eigenvalue weighted by atomic mass is 10.2. The molecule has 0 amide bonds. The van der Waals surface area contributed by atoms with Crippen molar-refractivity contribution in [3.8, 4) is 0 Å². The van der Waals surface area contributed by atoms with Crippen LogP contribution in [0.1, 0.15) is 11.1 Å². The van der Waals surface area contributed by atoms with Crippen LogP contribution in [0.2, 0.25) is 0 Å². The maximum Gasteiger partial charge on any atom is 0.226 e. The Bertz CT molecular complexity index is 1010. The lowest BCUT2D eigenvalue weighted by molar-refractivity contribution is 0.121. The second kappa shape index (κ2) is 9.87. The van der Waals surface area contributed by atoms with E-state index in [1.54, 1.807) is 0 Å². The summed E-state index contributed by atoms with van der Waals surface area (Å²) in [4.78, 5) is 4.50. The van der Waals surface area contributed by atoms with E-state index < -0.39 is 0 Å². The van der Waals surface area contributed by atoms with Gasteiger partial charge in [0.1, 0.15) is 0 Å². The van der Waals surface area contributed by atoms with Crippen molar-refractivity contribution in [1.82, 2.24) is 19.2 Å². The molecule has 1 saturated heterocycles. The number of hydrogen-bond donors (Lipinski definition) is 0. The monoisotopic (exact) mass is 487 g/mol. The lowest BCUT2D eigenvalue weighted by Gasteiger charge is -2.27. The van der Waals surface area contributed by atoms with E-state index in [-0.39, 0.29) is 0 Å². The number of aromatic nitrogens is 3. The number of nitrogens with zero attached hydrogens (tertiary/aromatic N) is 5. The summed E-state index contributed by atoms with van der Waals surface area (Å²) in [6.07, 6.45) is 0. The second-order valence-corrected chi connectivity index (χ2v) is 8.82. The summed E-state index contributed by atoms with van der Waals surface area (Å²) >= 11 is 9.35. The molecule has 0 unspecified atom stereocenters. The van der Waals surface area contributed by atoms with Crippen molar-refractivity contribution in [2.24, 2.45) is 0 Å². The van der Waals surface area contributed by atoms with Crippen LogP contribution in [-0.4, -0.2) is 52.6 Å². The number of anilines is 1. The van der Waals surface area contributed by atoms with Gasteiger partial charge in [-0.05, 0) is 42.5 Å². The summed E-state index contributed by atoms with van der Waals surface area (Å²) in [6, 6.07) is 18.8. The van der Waals surface area contributed by atoms with E-state index in [2.05, 4.69) is 85.9 Å². The normalized spacial score (nSPS) is 14.4. The van der Waals surface area contributed by atoms with Gasteiger partial charge in [0.25, 0.3) is 0 Å². The van der Waals surface area contributed by atoms with Crippen molar-refractivity contribution in [2.45, 2.75) is 19.8 Å². The highest BCUT2D eigenvalue weighted by Gasteiger charge is 2.20. The molecule has 0 aliphatic carbocycles. The fourth-order valence-corrected chi connectivity index (χ4v) is 4.11. The van der Waals surface area contributed by atoms with E-state index in [4.69, 9.17) is 22.1 Å². The number of halogens is 1. The molecule has 158 valence electrons. The molecule has 0 N–H and O–H groups in total. The van der Waals surface area contributed by atoms with Crippen LogP contribution < -0.4 is 4.90 Å². The van der Waals surface area contributed by atoms with Crippen molar-refractivity contribution in [3.63, 3.8) is 0 Å². The summed E-state index contributed by atoms with van der Waals surface area (Å²) in [5, 5.41) is 4.92. The van der Waals surface area contributed by atoms with Gasteiger partial charge in [0.05, 0.1) is 26.4 Å². The number of morpholine rings is 1. The van der Waals surface area contributed by atoms with Crippen molar-refractivity contribution in [1.29, 1.82) is 0 Å². The fraction of sp³-hybridized carbons (Fsp3) is 0.364. The lowest BCUT2D eigenvalue weighted by Crippen LogP contribution is -2.38. The minimum atomic E-state index is 0.633. The van der Waals surface area contributed by atoms with Crippen LogP contribution in [0.5, 0.6) is 0 Å². The number of hydrogen-bond acceptors (Lipinski definition) is 5. The highest BCUT2D eigenvalue weighted by molar-refractivity contribution is 9.10. The number of rotatable bonds is 7. The molecule has 3 aromatic rings. The molecule has 0 atom stereocenters. The molecule has 6 nitrogen and oxygen atoms in total. The van der Waals surface area contributed by atoms with Crippen LogP contribution in [0.15, 0.2) is 59.1 Å².